The molecule has 110 valence electrons. The predicted molar refractivity (Wildman–Crippen MR) is 78.4 cm³/mol. The molecule has 0 saturated carbocycles. The van der Waals surface area contributed by atoms with Crippen molar-refractivity contribution in [2.24, 2.45) is 5.16 Å². The summed E-state index contributed by atoms with van der Waals surface area (Å²) in [7, 11) is 5.67. The zero-order chi connectivity index (χ0) is 15.2. The zero-order valence-corrected chi connectivity index (χ0v) is 12.4. The third kappa shape index (κ3) is 3.55. The van der Waals surface area contributed by atoms with Crippen molar-refractivity contribution in [2.45, 2.75) is 6.35 Å². The van der Waals surface area contributed by atoms with E-state index in [1.165, 1.54) is 6.21 Å². The smallest absolute Gasteiger partial charge is 0.411 e. The Hall–Kier alpha value is -2.47. The fourth-order valence-corrected chi connectivity index (χ4v) is 2.02. The number of nitrogens with zero attached hydrogens (tertiary/aromatic N) is 4. The Morgan fingerprint density at radius 1 is 1.10 bits per heavy atom. The molecule has 0 aliphatic heterocycles. The van der Waals surface area contributed by atoms with E-state index in [1.54, 1.807) is 7.11 Å². The molecule has 2 rings (SSSR count). The van der Waals surface area contributed by atoms with Crippen molar-refractivity contribution in [3.63, 3.8) is 0 Å². The molecule has 1 N–H and O–H groups in total. The summed E-state index contributed by atoms with van der Waals surface area (Å²) in [5, 5.41) is 11.5. The predicted octanol–water partition coefficient (Wildman–Crippen LogP) is 0.786. The highest BCUT2D eigenvalue weighted by atomic mass is 16.5. The van der Waals surface area contributed by atoms with Crippen molar-refractivity contribution in [3.05, 3.63) is 54.6 Å². The summed E-state index contributed by atoms with van der Waals surface area (Å²) in [5.41, 5.74) is 1.94. The number of ether oxygens (including phenoxy) is 1. The van der Waals surface area contributed by atoms with E-state index in [0.717, 1.165) is 11.3 Å². The van der Waals surface area contributed by atoms with Crippen molar-refractivity contribution < 1.29 is 19.1 Å². The van der Waals surface area contributed by atoms with Gasteiger partial charge in [-0.25, -0.2) is 0 Å². The van der Waals surface area contributed by atoms with Crippen LogP contribution < -0.4 is 14.0 Å². The van der Waals surface area contributed by atoms with Gasteiger partial charge < -0.3 is 10.1 Å². The maximum absolute atomic E-state index is 8.52. The van der Waals surface area contributed by atoms with Gasteiger partial charge in [0.2, 0.25) is 0 Å². The molecule has 0 aliphatic rings. The normalized spacial score (nSPS) is 12.5. The monoisotopic (exact) mass is 288 g/mol. The molecule has 2 aromatic rings. The third-order valence-electron chi connectivity index (χ3n) is 3.16. The molecule has 0 amide bonds. The van der Waals surface area contributed by atoms with Crippen LogP contribution in [0.4, 0.5) is 5.69 Å². The van der Waals surface area contributed by atoms with E-state index in [1.807, 2.05) is 77.2 Å². The number of hydrogen-bond donors (Lipinski definition) is 1. The van der Waals surface area contributed by atoms with E-state index in [4.69, 9.17) is 9.94 Å². The van der Waals surface area contributed by atoms with E-state index in [-0.39, 0.29) is 6.35 Å². The van der Waals surface area contributed by atoms with Crippen molar-refractivity contribution in [1.29, 1.82) is 0 Å². The van der Waals surface area contributed by atoms with Crippen LogP contribution in [0.2, 0.25) is 0 Å². The summed E-state index contributed by atoms with van der Waals surface area (Å²) < 4.78 is 9.44. The van der Waals surface area contributed by atoms with Crippen molar-refractivity contribution in [1.82, 2.24) is 0 Å². The lowest BCUT2D eigenvalue weighted by molar-refractivity contribution is -0.983. The average Bonchev–Trinajstić information content (AvgIpc) is 2.50. The van der Waals surface area contributed by atoms with Crippen molar-refractivity contribution >= 4 is 11.9 Å². The second-order valence-electron chi connectivity index (χ2n) is 4.78. The van der Waals surface area contributed by atoms with Gasteiger partial charge in [-0.15, -0.1) is 9.13 Å². The summed E-state index contributed by atoms with van der Waals surface area (Å²) in [6.07, 6.45) is 8.79. The molecule has 6 nitrogen and oxygen atoms in total. The minimum absolute atomic E-state index is 0.277. The number of oxime groups is 1. The lowest BCUT2D eigenvalue weighted by Crippen LogP contribution is -2.57. The molecule has 0 saturated heterocycles. The van der Waals surface area contributed by atoms with Crippen LogP contribution >= 0.6 is 0 Å². The molecule has 0 radical (unpaired) electrons. The molecule has 0 aromatic carbocycles. The molecule has 0 fully saturated rings. The van der Waals surface area contributed by atoms with Crippen LogP contribution in [0.5, 0.6) is 0 Å². The molecule has 1 unspecified atom stereocenters. The largest absolute Gasteiger partial charge is 0.474 e. The van der Waals surface area contributed by atoms with Crippen LogP contribution in [0.3, 0.4) is 0 Å². The van der Waals surface area contributed by atoms with Gasteiger partial charge in [-0.2, -0.15) is 0 Å². The van der Waals surface area contributed by atoms with Gasteiger partial charge in [0.05, 0.1) is 6.21 Å². The highest BCUT2D eigenvalue weighted by Crippen LogP contribution is 2.07. The quantitative estimate of drug-likeness (QED) is 0.383. The van der Waals surface area contributed by atoms with Gasteiger partial charge in [0.15, 0.2) is 24.8 Å². The summed E-state index contributed by atoms with van der Waals surface area (Å²) >= 11 is 0. The summed E-state index contributed by atoms with van der Waals surface area (Å²) in [4.78, 5) is 2.04. The zero-order valence-electron chi connectivity index (χ0n) is 12.4. The van der Waals surface area contributed by atoms with Gasteiger partial charge in [0.25, 0.3) is 0 Å². The van der Waals surface area contributed by atoms with Crippen LogP contribution in [-0.2, 0) is 4.74 Å². The van der Waals surface area contributed by atoms with E-state index in [2.05, 4.69) is 5.16 Å². The minimum atomic E-state index is -0.277. The fourth-order valence-electron chi connectivity index (χ4n) is 2.02. The lowest BCUT2D eigenvalue weighted by Gasteiger charge is -2.11. The van der Waals surface area contributed by atoms with E-state index < -0.39 is 0 Å². The number of aromatic nitrogens is 2. The molecule has 2 aromatic heterocycles. The number of pyridine rings is 2. The first kappa shape index (κ1) is 14.9. The molecular formula is C15H20N4O2+2. The molecular weight excluding hydrogens is 268 g/mol. The maximum Gasteiger partial charge on any atom is 0.474 e. The molecule has 6 heteroatoms. The second-order valence-corrected chi connectivity index (χ2v) is 4.78. The maximum atomic E-state index is 8.52. The molecule has 1 atom stereocenters. The molecule has 21 heavy (non-hydrogen) atoms. The molecule has 0 aliphatic carbocycles. The standard InChI is InChI=1S/C15H19N4O2/c1-17(2)14-6-10-19(11-7-14)15(21-3)18-8-4-13(5-9-18)12-16-20/h4-12,15H,1-3H3/q+1/p+1. The molecule has 0 bridgehead atoms. The van der Waals surface area contributed by atoms with Crippen LogP contribution in [0.25, 0.3) is 0 Å². The van der Waals surface area contributed by atoms with Crippen LogP contribution in [0.1, 0.15) is 11.9 Å². The van der Waals surface area contributed by atoms with Gasteiger partial charge in [0, 0.05) is 56.7 Å². The molecule has 0 spiro atoms. The minimum Gasteiger partial charge on any atom is -0.411 e. The lowest BCUT2D eigenvalue weighted by atomic mass is 10.3. The van der Waals surface area contributed by atoms with Gasteiger partial charge in [-0.05, 0) is 0 Å². The number of rotatable bonds is 5. The first-order chi connectivity index (χ1) is 10.2. The average molecular weight is 288 g/mol. The summed E-state index contributed by atoms with van der Waals surface area (Å²) in [6, 6.07) is 7.75. The Kier molecular flexibility index (Phi) is 4.84. The van der Waals surface area contributed by atoms with Crippen LogP contribution in [0.15, 0.2) is 54.2 Å². The van der Waals surface area contributed by atoms with Gasteiger partial charge in [-0.1, -0.05) is 5.16 Å². The Bertz CT molecular complexity index is 594. The number of anilines is 1. The van der Waals surface area contributed by atoms with Crippen molar-refractivity contribution in [3.8, 4) is 0 Å². The van der Waals surface area contributed by atoms with E-state index in [9.17, 15) is 0 Å². The highest BCUT2D eigenvalue weighted by Gasteiger charge is 2.26. The molecule has 2 heterocycles. The summed E-state index contributed by atoms with van der Waals surface area (Å²) in [6.45, 7) is 0. The first-order valence-electron chi connectivity index (χ1n) is 6.55. The van der Waals surface area contributed by atoms with E-state index in [0.29, 0.717) is 0 Å². The van der Waals surface area contributed by atoms with Gasteiger partial charge >= 0.3 is 6.35 Å². The van der Waals surface area contributed by atoms with E-state index >= 15 is 0 Å². The third-order valence-corrected chi connectivity index (χ3v) is 3.16. The Morgan fingerprint density at radius 2 is 1.62 bits per heavy atom. The van der Waals surface area contributed by atoms with Gasteiger partial charge in [-0.3, -0.25) is 4.74 Å². The fraction of sp³-hybridized carbons (Fsp3) is 0.267. The Morgan fingerprint density at radius 3 is 2.05 bits per heavy atom. The summed E-state index contributed by atoms with van der Waals surface area (Å²) in [5.74, 6) is 0. The SMILES string of the molecule is COC([n+]1ccc(/C=N\O)cc1)[n+]1ccc(N(C)C)cc1. The second kappa shape index (κ2) is 6.81. The topological polar surface area (TPSA) is 52.8 Å². The van der Waals surface area contributed by atoms with Crippen molar-refractivity contribution in [2.75, 3.05) is 26.1 Å². The Balaban J connectivity index is 2.26. The van der Waals surface area contributed by atoms with Crippen LogP contribution in [0, 0.1) is 0 Å². The van der Waals surface area contributed by atoms with Crippen LogP contribution in [-0.4, -0.2) is 32.6 Å². The first-order valence-corrected chi connectivity index (χ1v) is 6.55. The Labute approximate surface area is 124 Å². The van der Waals surface area contributed by atoms with Gasteiger partial charge in [0.1, 0.15) is 0 Å². The number of methoxy groups -OCH3 is 1. The highest BCUT2D eigenvalue weighted by molar-refractivity contribution is 5.78. The number of hydrogen-bond acceptors (Lipinski definition) is 4.